The minimum absolute atomic E-state index is 0.178. The Morgan fingerprint density at radius 2 is 2.24 bits per heavy atom. The molecule has 93 valence electrons. The van der Waals surface area contributed by atoms with Gasteiger partial charge < -0.3 is 9.64 Å². The first-order valence-electron chi connectivity index (χ1n) is 6.18. The molecule has 0 N–H and O–H groups in total. The van der Waals surface area contributed by atoms with Crippen LogP contribution in [0.15, 0.2) is 18.2 Å². The van der Waals surface area contributed by atoms with E-state index in [2.05, 4.69) is 11.0 Å². The van der Waals surface area contributed by atoms with E-state index in [4.69, 9.17) is 4.74 Å². The van der Waals surface area contributed by atoms with Crippen LogP contribution in [0.5, 0.6) is 0 Å². The van der Waals surface area contributed by atoms with E-state index >= 15 is 0 Å². The average Bonchev–Trinajstić information content (AvgIpc) is 2.38. The molecule has 0 bridgehead atoms. The summed E-state index contributed by atoms with van der Waals surface area (Å²) in [7, 11) is 1.72. The third-order valence-electron chi connectivity index (χ3n) is 3.47. The second-order valence-corrected chi connectivity index (χ2v) is 4.55. The maximum Gasteiger partial charge on any atom is 0.134 e. The summed E-state index contributed by atoms with van der Waals surface area (Å²) >= 11 is 0. The number of nitrogens with zero attached hydrogens (tertiary/aromatic N) is 1. The highest BCUT2D eigenvalue weighted by Crippen LogP contribution is 2.29. The van der Waals surface area contributed by atoms with Crippen LogP contribution in [-0.2, 0) is 4.74 Å². The van der Waals surface area contributed by atoms with Crippen LogP contribution in [0.3, 0.4) is 0 Å². The summed E-state index contributed by atoms with van der Waals surface area (Å²) in [5, 5.41) is 0. The predicted molar refractivity (Wildman–Crippen MR) is 65.5 cm³/mol. The van der Waals surface area contributed by atoms with Crippen LogP contribution in [0, 0.1) is 11.9 Å². The van der Waals surface area contributed by atoms with E-state index in [0.29, 0.717) is 5.92 Å². The lowest BCUT2D eigenvalue weighted by Gasteiger charge is -2.32. The van der Waals surface area contributed by atoms with Crippen LogP contribution in [0.2, 0.25) is 0 Å². The molecule has 0 aliphatic carbocycles. The Morgan fingerprint density at radius 1 is 1.47 bits per heavy atom. The summed E-state index contributed by atoms with van der Waals surface area (Å²) < 4.78 is 18.7. The number of rotatable bonds is 4. The fourth-order valence-corrected chi connectivity index (χ4v) is 2.43. The maximum atomic E-state index is 13.6. The molecule has 0 amide bonds. The fraction of sp³-hybridized carbons (Fsp3) is 0.571. The van der Waals surface area contributed by atoms with E-state index in [-0.39, 0.29) is 5.82 Å². The molecule has 0 unspecified atom stereocenters. The SMILES string of the molecule is COCCN1CCC(c2ccc[c]c2F)CC1. The van der Waals surface area contributed by atoms with E-state index in [0.717, 1.165) is 44.6 Å². The maximum absolute atomic E-state index is 13.6. The third-order valence-corrected chi connectivity index (χ3v) is 3.47. The second-order valence-electron chi connectivity index (χ2n) is 4.55. The molecule has 1 heterocycles. The number of benzene rings is 1. The summed E-state index contributed by atoms with van der Waals surface area (Å²) in [5.41, 5.74) is 0.832. The van der Waals surface area contributed by atoms with E-state index in [9.17, 15) is 4.39 Å². The first kappa shape index (κ1) is 12.5. The molecule has 2 nitrogen and oxygen atoms in total. The number of likely N-dealkylation sites (tertiary alicyclic amines) is 1. The Hall–Kier alpha value is -0.930. The summed E-state index contributed by atoms with van der Waals surface area (Å²) in [6, 6.07) is 8.03. The first-order chi connectivity index (χ1) is 8.31. The van der Waals surface area contributed by atoms with E-state index in [1.165, 1.54) is 0 Å². The first-order valence-corrected chi connectivity index (χ1v) is 6.18. The number of halogens is 1. The Morgan fingerprint density at radius 3 is 2.88 bits per heavy atom. The number of hydrogen-bond acceptors (Lipinski definition) is 2. The minimum atomic E-state index is -0.178. The van der Waals surface area contributed by atoms with Crippen molar-refractivity contribution >= 4 is 0 Å². The molecule has 1 radical (unpaired) electrons. The van der Waals surface area contributed by atoms with Crippen molar-refractivity contribution in [1.82, 2.24) is 4.90 Å². The Labute approximate surface area is 102 Å². The van der Waals surface area contributed by atoms with Gasteiger partial charge >= 0.3 is 0 Å². The normalized spacial score (nSPS) is 18.5. The molecule has 1 fully saturated rings. The quantitative estimate of drug-likeness (QED) is 0.796. The molecule has 1 aliphatic heterocycles. The lowest BCUT2D eigenvalue weighted by atomic mass is 9.89. The zero-order valence-corrected chi connectivity index (χ0v) is 10.3. The van der Waals surface area contributed by atoms with Crippen molar-refractivity contribution in [2.75, 3.05) is 33.4 Å². The lowest BCUT2D eigenvalue weighted by Crippen LogP contribution is -2.35. The molecule has 1 aromatic rings. The summed E-state index contributed by atoms with van der Waals surface area (Å²) in [6.07, 6.45) is 2.05. The van der Waals surface area contributed by atoms with Crippen LogP contribution in [0.1, 0.15) is 24.3 Å². The topological polar surface area (TPSA) is 12.5 Å². The van der Waals surface area contributed by atoms with Crippen molar-refractivity contribution in [2.24, 2.45) is 0 Å². The van der Waals surface area contributed by atoms with Gasteiger partial charge in [-0.25, -0.2) is 4.39 Å². The number of piperidine rings is 1. The largest absolute Gasteiger partial charge is 0.383 e. The summed E-state index contributed by atoms with van der Waals surface area (Å²) in [5.74, 6) is 0.175. The highest BCUT2D eigenvalue weighted by Gasteiger charge is 2.22. The molecular formula is C14H19FNO. The predicted octanol–water partition coefficient (Wildman–Crippen LogP) is 2.45. The molecule has 1 aromatic carbocycles. The Bertz CT molecular complexity index is 348. The van der Waals surface area contributed by atoms with Gasteiger partial charge in [-0.1, -0.05) is 18.2 Å². The van der Waals surface area contributed by atoms with Crippen molar-refractivity contribution in [3.05, 3.63) is 35.6 Å². The molecule has 1 saturated heterocycles. The van der Waals surface area contributed by atoms with Gasteiger partial charge in [-0.15, -0.1) is 0 Å². The number of hydrogen-bond donors (Lipinski definition) is 0. The van der Waals surface area contributed by atoms with Crippen molar-refractivity contribution < 1.29 is 9.13 Å². The van der Waals surface area contributed by atoms with Crippen molar-refractivity contribution in [3.8, 4) is 0 Å². The van der Waals surface area contributed by atoms with Crippen molar-refractivity contribution in [3.63, 3.8) is 0 Å². The molecule has 0 aromatic heterocycles. The van der Waals surface area contributed by atoms with Crippen molar-refractivity contribution in [2.45, 2.75) is 18.8 Å². The van der Waals surface area contributed by atoms with E-state index in [1.807, 2.05) is 12.1 Å². The van der Waals surface area contributed by atoms with Gasteiger partial charge in [0, 0.05) is 19.7 Å². The van der Waals surface area contributed by atoms with Gasteiger partial charge in [0.05, 0.1) is 6.61 Å². The molecule has 3 heteroatoms. The molecule has 2 rings (SSSR count). The van der Waals surface area contributed by atoms with Crippen LogP contribution in [0.4, 0.5) is 4.39 Å². The smallest absolute Gasteiger partial charge is 0.134 e. The van der Waals surface area contributed by atoms with Crippen LogP contribution < -0.4 is 0 Å². The van der Waals surface area contributed by atoms with Gasteiger partial charge in [0.2, 0.25) is 0 Å². The molecular weight excluding hydrogens is 217 g/mol. The fourth-order valence-electron chi connectivity index (χ4n) is 2.43. The average molecular weight is 236 g/mol. The molecule has 17 heavy (non-hydrogen) atoms. The monoisotopic (exact) mass is 236 g/mol. The van der Waals surface area contributed by atoms with Crippen LogP contribution in [-0.4, -0.2) is 38.3 Å². The third kappa shape index (κ3) is 3.27. The van der Waals surface area contributed by atoms with Gasteiger partial charge in [-0.3, -0.25) is 0 Å². The van der Waals surface area contributed by atoms with Gasteiger partial charge in [-0.2, -0.15) is 0 Å². The van der Waals surface area contributed by atoms with Crippen LogP contribution >= 0.6 is 0 Å². The Balaban J connectivity index is 1.89. The zero-order chi connectivity index (χ0) is 12.1. The molecule has 0 atom stereocenters. The van der Waals surface area contributed by atoms with Gasteiger partial charge in [0.25, 0.3) is 0 Å². The highest BCUT2D eigenvalue weighted by molar-refractivity contribution is 5.21. The number of ether oxygens (including phenoxy) is 1. The zero-order valence-electron chi connectivity index (χ0n) is 10.3. The number of methoxy groups -OCH3 is 1. The van der Waals surface area contributed by atoms with Gasteiger partial charge in [0.15, 0.2) is 0 Å². The van der Waals surface area contributed by atoms with Crippen LogP contribution in [0.25, 0.3) is 0 Å². The molecule has 1 aliphatic rings. The second kappa shape index (κ2) is 6.12. The molecule has 0 spiro atoms. The van der Waals surface area contributed by atoms with Gasteiger partial charge in [-0.05, 0) is 37.4 Å². The standard InChI is InChI=1S/C14H19FNO/c1-17-11-10-16-8-6-12(7-9-16)13-4-2-3-5-14(13)15/h2-4,12H,6-11H2,1H3. The van der Waals surface area contributed by atoms with Gasteiger partial charge in [0.1, 0.15) is 5.82 Å². The lowest BCUT2D eigenvalue weighted by molar-refractivity contribution is 0.130. The highest BCUT2D eigenvalue weighted by atomic mass is 19.1. The molecule has 0 saturated carbocycles. The van der Waals surface area contributed by atoms with E-state index < -0.39 is 0 Å². The summed E-state index contributed by atoms with van der Waals surface area (Å²) in [6.45, 7) is 3.81. The van der Waals surface area contributed by atoms with E-state index in [1.54, 1.807) is 13.2 Å². The van der Waals surface area contributed by atoms with Crippen molar-refractivity contribution in [1.29, 1.82) is 0 Å². The summed E-state index contributed by atoms with van der Waals surface area (Å²) in [4.78, 5) is 2.38. The Kier molecular flexibility index (Phi) is 4.51. The minimum Gasteiger partial charge on any atom is -0.383 e.